The maximum Gasteiger partial charge on any atom is 0.250 e. The molecule has 1 atom stereocenters. The van der Waals surface area contributed by atoms with Crippen LogP contribution in [0.25, 0.3) is 0 Å². The number of amides is 1. The van der Waals surface area contributed by atoms with Gasteiger partial charge in [-0.05, 0) is 38.8 Å². The third kappa shape index (κ3) is 3.44. The van der Waals surface area contributed by atoms with Crippen LogP contribution in [0.3, 0.4) is 0 Å². The highest BCUT2D eigenvalue weighted by molar-refractivity contribution is 5.80. The van der Waals surface area contributed by atoms with E-state index in [1.54, 1.807) is 7.11 Å². The molecular formula is C10H21N3O2. The highest BCUT2D eigenvalue weighted by atomic mass is 16.5. The summed E-state index contributed by atoms with van der Waals surface area (Å²) in [6, 6.07) is -0.126. The fraction of sp³-hybridized carbons (Fsp3) is 0.900. The molecule has 0 aromatic heterocycles. The number of piperidine rings is 1. The molecule has 0 bridgehead atoms. The van der Waals surface area contributed by atoms with Gasteiger partial charge in [0.05, 0.1) is 6.04 Å². The van der Waals surface area contributed by atoms with Crippen molar-refractivity contribution in [1.29, 1.82) is 0 Å². The van der Waals surface area contributed by atoms with Gasteiger partial charge in [0.25, 0.3) is 5.91 Å². The van der Waals surface area contributed by atoms with Gasteiger partial charge in [0, 0.05) is 13.7 Å². The summed E-state index contributed by atoms with van der Waals surface area (Å²) < 4.78 is 5.13. The molecule has 1 aliphatic rings. The molecule has 0 spiro atoms. The molecule has 15 heavy (non-hydrogen) atoms. The van der Waals surface area contributed by atoms with Crippen LogP contribution in [0, 0.1) is 5.92 Å². The van der Waals surface area contributed by atoms with E-state index in [-0.39, 0.29) is 11.9 Å². The molecule has 0 aromatic carbocycles. The lowest BCUT2D eigenvalue weighted by Gasteiger charge is -2.34. The van der Waals surface area contributed by atoms with Crippen LogP contribution in [0.15, 0.2) is 0 Å². The largest absolute Gasteiger partial charge is 0.384 e. The predicted molar refractivity (Wildman–Crippen MR) is 58.0 cm³/mol. The quantitative estimate of drug-likeness (QED) is 0.384. The Morgan fingerprint density at radius 3 is 2.67 bits per heavy atom. The Balaban J connectivity index is 2.33. The van der Waals surface area contributed by atoms with Gasteiger partial charge in [-0.3, -0.25) is 15.1 Å². The molecule has 1 aliphatic heterocycles. The molecule has 1 saturated heterocycles. The molecule has 0 saturated carbocycles. The summed E-state index contributed by atoms with van der Waals surface area (Å²) in [6.45, 7) is 4.61. The van der Waals surface area contributed by atoms with Crippen LogP contribution in [0.4, 0.5) is 0 Å². The number of nitrogens with two attached hydrogens (primary N) is 1. The van der Waals surface area contributed by atoms with E-state index in [9.17, 15) is 4.79 Å². The number of ether oxygens (including phenoxy) is 1. The average molecular weight is 215 g/mol. The number of hydrogen-bond acceptors (Lipinski definition) is 4. The van der Waals surface area contributed by atoms with E-state index >= 15 is 0 Å². The van der Waals surface area contributed by atoms with Crippen LogP contribution in [-0.4, -0.2) is 43.7 Å². The molecule has 0 radical (unpaired) electrons. The topological polar surface area (TPSA) is 67.6 Å². The highest BCUT2D eigenvalue weighted by Crippen LogP contribution is 2.18. The van der Waals surface area contributed by atoms with E-state index in [4.69, 9.17) is 10.6 Å². The van der Waals surface area contributed by atoms with Gasteiger partial charge in [-0.25, -0.2) is 5.84 Å². The van der Waals surface area contributed by atoms with E-state index in [1.165, 1.54) is 0 Å². The van der Waals surface area contributed by atoms with Crippen molar-refractivity contribution >= 4 is 5.91 Å². The second kappa shape index (κ2) is 6.05. The zero-order chi connectivity index (χ0) is 11.3. The number of methoxy groups -OCH3 is 1. The molecule has 1 heterocycles. The molecule has 5 nitrogen and oxygen atoms in total. The molecule has 1 rings (SSSR count). The van der Waals surface area contributed by atoms with E-state index in [2.05, 4.69) is 10.3 Å². The Morgan fingerprint density at radius 1 is 1.60 bits per heavy atom. The Kier molecular flexibility index (Phi) is 5.01. The number of nitrogens with zero attached hydrogens (tertiary/aromatic N) is 1. The van der Waals surface area contributed by atoms with Crippen LogP contribution in [-0.2, 0) is 9.53 Å². The van der Waals surface area contributed by atoms with Gasteiger partial charge < -0.3 is 4.74 Å². The van der Waals surface area contributed by atoms with Gasteiger partial charge in [0.15, 0.2) is 0 Å². The second-order valence-corrected chi connectivity index (χ2v) is 4.12. The van der Waals surface area contributed by atoms with Crippen LogP contribution < -0.4 is 11.3 Å². The Morgan fingerprint density at radius 2 is 2.20 bits per heavy atom. The minimum absolute atomic E-state index is 0.111. The third-order valence-corrected chi connectivity index (χ3v) is 3.12. The summed E-state index contributed by atoms with van der Waals surface area (Å²) in [5.41, 5.74) is 2.19. The molecule has 3 N–H and O–H groups in total. The smallest absolute Gasteiger partial charge is 0.250 e. The number of hydrazine groups is 1. The highest BCUT2D eigenvalue weighted by Gasteiger charge is 2.25. The van der Waals surface area contributed by atoms with Gasteiger partial charge >= 0.3 is 0 Å². The van der Waals surface area contributed by atoms with E-state index in [0.717, 1.165) is 32.5 Å². The normalized spacial score (nSPS) is 21.3. The molecule has 5 heteroatoms. The molecule has 1 unspecified atom stereocenters. The minimum atomic E-state index is -0.126. The number of hydrogen-bond donors (Lipinski definition) is 2. The molecular weight excluding hydrogens is 194 g/mol. The SMILES string of the molecule is COCC1CCN(C(C)C(=O)NN)CC1. The van der Waals surface area contributed by atoms with Crippen molar-refractivity contribution in [3.05, 3.63) is 0 Å². The van der Waals surface area contributed by atoms with E-state index in [0.29, 0.717) is 5.92 Å². The van der Waals surface area contributed by atoms with Crippen LogP contribution >= 0.6 is 0 Å². The van der Waals surface area contributed by atoms with E-state index < -0.39 is 0 Å². The van der Waals surface area contributed by atoms with Crippen molar-refractivity contribution in [2.45, 2.75) is 25.8 Å². The maximum atomic E-state index is 11.3. The van der Waals surface area contributed by atoms with Crippen LogP contribution in [0.2, 0.25) is 0 Å². The standard InChI is InChI=1S/C10H21N3O2/c1-8(10(14)12-11)13-5-3-9(4-6-13)7-15-2/h8-9H,3-7,11H2,1-2H3,(H,12,14). The Hall–Kier alpha value is -0.650. The van der Waals surface area contributed by atoms with Gasteiger partial charge in [-0.1, -0.05) is 0 Å². The third-order valence-electron chi connectivity index (χ3n) is 3.12. The van der Waals surface area contributed by atoms with Crippen molar-refractivity contribution in [2.24, 2.45) is 11.8 Å². The number of rotatable bonds is 4. The predicted octanol–water partition coefficient (Wildman–Crippen LogP) is -0.277. The number of likely N-dealkylation sites (tertiary alicyclic amines) is 1. The van der Waals surface area contributed by atoms with Crippen molar-refractivity contribution in [1.82, 2.24) is 10.3 Å². The van der Waals surface area contributed by atoms with E-state index in [1.807, 2.05) is 6.92 Å². The first kappa shape index (κ1) is 12.4. The fourth-order valence-corrected chi connectivity index (χ4v) is 2.03. The van der Waals surface area contributed by atoms with Gasteiger partial charge in [0.1, 0.15) is 0 Å². The lowest BCUT2D eigenvalue weighted by Crippen LogP contribution is -2.50. The number of nitrogens with one attached hydrogen (secondary N) is 1. The first-order chi connectivity index (χ1) is 7.19. The molecule has 1 amide bonds. The van der Waals surface area contributed by atoms with Crippen molar-refractivity contribution in [3.8, 4) is 0 Å². The first-order valence-electron chi connectivity index (χ1n) is 5.42. The molecule has 88 valence electrons. The number of carbonyl (C=O) groups is 1. The lowest BCUT2D eigenvalue weighted by molar-refractivity contribution is -0.126. The summed E-state index contributed by atoms with van der Waals surface area (Å²) in [7, 11) is 1.73. The zero-order valence-electron chi connectivity index (χ0n) is 9.53. The summed E-state index contributed by atoms with van der Waals surface area (Å²) in [6.07, 6.45) is 2.19. The summed E-state index contributed by atoms with van der Waals surface area (Å²) in [5, 5.41) is 0. The molecule has 0 aromatic rings. The second-order valence-electron chi connectivity index (χ2n) is 4.12. The fourth-order valence-electron chi connectivity index (χ4n) is 2.03. The minimum Gasteiger partial charge on any atom is -0.384 e. The lowest BCUT2D eigenvalue weighted by atomic mass is 9.97. The zero-order valence-corrected chi connectivity index (χ0v) is 9.53. The monoisotopic (exact) mass is 215 g/mol. The first-order valence-corrected chi connectivity index (χ1v) is 5.42. The maximum absolute atomic E-state index is 11.3. The number of carbonyl (C=O) groups excluding carboxylic acids is 1. The van der Waals surface area contributed by atoms with Gasteiger partial charge in [-0.15, -0.1) is 0 Å². The molecule has 1 fully saturated rings. The average Bonchev–Trinajstić information content (AvgIpc) is 2.28. The summed E-state index contributed by atoms with van der Waals surface area (Å²) in [4.78, 5) is 13.5. The molecule has 0 aliphatic carbocycles. The van der Waals surface area contributed by atoms with Crippen LogP contribution in [0.5, 0.6) is 0 Å². The van der Waals surface area contributed by atoms with Crippen molar-refractivity contribution in [2.75, 3.05) is 26.8 Å². The Labute approximate surface area is 90.9 Å². The summed E-state index contributed by atoms with van der Waals surface area (Å²) >= 11 is 0. The van der Waals surface area contributed by atoms with Gasteiger partial charge in [0.2, 0.25) is 0 Å². The summed E-state index contributed by atoms with van der Waals surface area (Å²) in [5.74, 6) is 5.64. The Bertz CT molecular complexity index is 203. The van der Waals surface area contributed by atoms with Crippen molar-refractivity contribution < 1.29 is 9.53 Å². The van der Waals surface area contributed by atoms with Crippen molar-refractivity contribution in [3.63, 3.8) is 0 Å². The van der Waals surface area contributed by atoms with Crippen LogP contribution in [0.1, 0.15) is 19.8 Å². The van der Waals surface area contributed by atoms with Gasteiger partial charge in [-0.2, -0.15) is 0 Å².